The van der Waals surface area contributed by atoms with Gasteiger partial charge < -0.3 is 16.0 Å². The van der Waals surface area contributed by atoms with Gasteiger partial charge >= 0.3 is 0 Å². The average Bonchev–Trinajstić information content (AvgIpc) is 2.20. The summed E-state index contributed by atoms with van der Waals surface area (Å²) in [5, 5.41) is 3.17. The minimum Gasteiger partial charge on any atom is -0.381 e. The Kier molecular flexibility index (Phi) is 4.83. The van der Waals surface area contributed by atoms with Gasteiger partial charge in [-0.25, -0.2) is 9.97 Å². The fourth-order valence-electron chi connectivity index (χ4n) is 1.24. The normalized spacial score (nSPS) is 10.6. The average molecular weight is 209 g/mol. The molecule has 0 radical (unpaired) electrons. The number of hydrogen-bond acceptors (Lipinski definition) is 5. The lowest BCUT2D eigenvalue weighted by atomic mass is 10.3. The van der Waals surface area contributed by atoms with Crippen LogP contribution < -0.4 is 11.1 Å². The highest BCUT2D eigenvalue weighted by Crippen LogP contribution is 2.09. The fourth-order valence-corrected chi connectivity index (χ4v) is 1.24. The minimum atomic E-state index is 0.463. The zero-order valence-corrected chi connectivity index (χ0v) is 9.40. The van der Waals surface area contributed by atoms with E-state index in [-0.39, 0.29) is 0 Å². The van der Waals surface area contributed by atoms with Crippen molar-refractivity contribution in [2.45, 2.75) is 12.8 Å². The lowest BCUT2D eigenvalue weighted by Gasteiger charge is -2.10. The van der Waals surface area contributed by atoms with Gasteiger partial charge in [-0.2, -0.15) is 0 Å². The third-order valence-corrected chi connectivity index (χ3v) is 2.05. The second kappa shape index (κ2) is 6.19. The zero-order valence-electron chi connectivity index (χ0n) is 9.40. The molecule has 5 heteroatoms. The first-order chi connectivity index (χ1) is 7.20. The van der Waals surface area contributed by atoms with E-state index in [9.17, 15) is 0 Å². The summed E-state index contributed by atoms with van der Waals surface area (Å²) in [5.74, 6) is 1.15. The lowest BCUT2D eigenvalue weighted by molar-refractivity contribution is 0.396. The van der Waals surface area contributed by atoms with Gasteiger partial charge in [-0.05, 0) is 33.5 Å². The molecule has 0 spiro atoms. The van der Waals surface area contributed by atoms with Crippen molar-refractivity contribution in [1.82, 2.24) is 14.9 Å². The van der Waals surface area contributed by atoms with Gasteiger partial charge in [0, 0.05) is 18.9 Å². The Hall–Kier alpha value is -1.36. The SMILES string of the molecule is CN(C)CCCCNc1nccnc1N. The van der Waals surface area contributed by atoms with Gasteiger partial charge in [0.05, 0.1) is 0 Å². The van der Waals surface area contributed by atoms with E-state index >= 15 is 0 Å². The summed E-state index contributed by atoms with van der Waals surface area (Å²) in [5.41, 5.74) is 5.64. The van der Waals surface area contributed by atoms with Gasteiger partial charge in [0.25, 0.3) is 0 Å². The first kappa shape index (κ1) is 11.7. The van der Waals surface area contributed by atoms with Crippen LogP contribution in [0, 0.1) is 0 Å². The Morgan fingerprint density at radius 2 is 2.00 bits per heavy atom. The minimum absolute atomic E-state index is 0.463. The van der Waals surface area contributed by atoms with Crippen LogP contribution in [0.25, 0.3) is 0 Å². The molecule has 15 heavy (non-hydrogen) atoms. The molecule has 3 N–H and O–H groups in total. The topological polar surface area (TPSA) is 67.1 Å². The van der Waals surface area contributed by atoms with Gasteiger partial charge in [0.15, 0.2) is 11.6 Å². The number of nitrogens with two attached hydrogens (primary N) is 1. The maximum Gasteiger partial charge on any atom is 0.168 e. The van der Waals surface area contributed by atoms with E-state index in [0.717, 1.165) is 19.5 Å². The van der Waals surface area contributed by atoms with Crippen molar-refractivity contribution in [1.29, 1.82) is 0 Å². The van der Waals surface area contributed by atoms with Crippen LogP contribution in [0.4, 0.5) is 11.6 Å². The van der Waals surface area contributed by atoms with E-state index in [1.807, 2.05) is 0 Å². The largest absolute Gasteiger partial charge is 0.381 e. The molecule has 0 bridgehead atoms. The van der Waals surface area contributed by atoms with Crippen LogP contribution in [0.15, 0.2) is 12.4 Å². The molecule has 0 aromatic carbocycles. The number of unbranched alkanes of at least 4 members (excludes halogenated alkanes) is 1. The third-order valence-electron chi connectivity index (χ3n) is 2.05. The molecule has 0 aliphatic rings. The molecule has 5 nitrogen and oxygen atoms in total. The van der Waals surface area contributed by atoms with Crippen molar-refractivity contribution < 1.29 is 0 Å². The summed E-state index contributed by atoms with van der Waals surface area (Å²) in [6.45, 7) is 1.99. The predicted octanol–water partition coefficient (Wildman–Crippen LogP) is 0.812. The van der Waals surface area contributed by atoms with Crippen molar-refractivity contribution in [2.75, 3.05) is 38.2 Å². The number of nitrogen functional groups attached to an aromatic ring is 1. The summed E-state index contributed by atoms with van der Waals surface area (Å²) in [6.07, 6.45) is 5.50. The van der Waals surface area contributed by atoms with Crippen LogP contribution in [0.2, 0.25) is 0 Å². The molecule has 0 aliphatic carbocycles. The number of nitrogens with one attached hydrogen (secondary N) is 1. The predicted molar refractivity (Wildman–Crippen MR) is 62.7 cm³/mol. The second-order valence-electron chi connectivity index (χ2n) is 3.73. The van der Waals surface area contributed by atoms with E-state index < -0.39 is 0 Å². The number of aromatic nitrogens is 2. The molecule has 1 aromatic heterocycles. The second-order valence-corrected chi connectivity index (χ2v) is 3.73. The molecule has 0 saturated heterocycles. The molecule has 84 valence electrons. The summed E-state index contributed by atoms with van der Waals surface area (Å²) in [4.78, 5) is 10.2. The first-order valence-corrected chi connectivity index (χ1v) is 5.15. The quantitative estimate of drug-likeness (QED) is 0.679. The number of anilines is 2. The molecule has 0 unspecified atom stereocenters. The Morgan fingerprint density at radius 3 is 2.67 bits per heavy atom. The molecule has 1 rings (SSSR count). The highest BCUT2D eigenvalue weighted by Gasteiger charge is 1.98. The van der Waals surface area contributed by atoms with Gasteiger partial charge in [-0.3, -0.25) is 0 Å². The number of nitrogens with zero attached hydrogens (tertiary/aromatic N) is 3. The summed E-state index contributed by atoms with van der Waals surface area (Å²) < 4.78 is 0. The van der Waals surface area contributed by atoms with Crippen LogP contribution in [0.5, 0.6) is 0 Å². The van der Waals surface area contributed by atoms with Crippen LogP contribution in [-0.4, -0.2) is 42.1 Å². The molecule has 1 aromatic rings. The Balaban J connectivity index is 2.18. The van der Waals surface area contributed by atoms with Crippen LogP contribution in [-0.2, 0) is 0 Å². The highest BCUT2D eigenvalue weighted by atomic mass is 15.1. The lowest BCUT2D eigenvalue weighted by Crippen LogP contribution is -2.14. The Bertz CT molecular complexity index is 287. The van der Waals surface area contributed by atoms with Crippen LogP contribution in [0.3, 0.4) is 0 Å². The third kappa shape index (κ3) is 4.60. The number of hydrogen-bond donors (Lipinski definition) is 2. The molecular formula is C10H19N5. The van der Waals surface area contributed by atoms with E-state index in [4.69, 9.17) is 5.73 Å². The van der Waals surface area contributed by atoms with Gasteiger partial charge in [-0.1, -0.05) is 0 Å². The van der Waals surface area contributed by atoms with Crippen LogP contribution >= 0.6 is 0 Å². The number of rotatable bonds is 6. The molecule has 0 aliphatic heterocycles. The van der Waals surface area contributed by atoms with E-state index in [1.165, 1.54) is 6.42 Å². The van der Waals surface area contributed by atoms with E-state index in [0.29, 0.717) is 11.6 Å². The van der Waals surface area contributed by atoms with Crippen molar-refractivity contribution in [2.24, 2.45) is 0 Å². The van der Waals surface area contributed by atoms with Gasteiger partial charge in [0.2, 0.25) is 0 Å². The maximum absolute atomic E-state index is 5.64. The van der Waals surface area contributed by atoms with E-state index in [1.54, 1.807) is 12.4 Å². The Labute approximate surface area is 90.7 Å². The fraction of sp³-hybridized carbons (Fsp3) is 0.600. The zero-order chi connectivity index (χ0) is 11.1. The van der Waals surface area contributed by atoms with Crippen molar-refractivity contribution in [3.63, 3.8) is 0 Å². The van der Waals surface area contributed by atoms with E-state index in [2.05, 4.69) is 34.3 Å². The van der Waals surface area contributed by atoms with Crippen molar-refractivity contribution >= 4 is 11.6 Å². The standard InChI is InChI=1S/C10H19N5/c1-15(2)8-4-3-5-13-10-9(11)12-6-7-14-10/h6-7H,3-5,8H2,1-2H3,(H2,11,12)(H,13,14). The molecule has 0 fully saturated rings. The smallest absolute Gasteiger partial charge is 0.168 e. The monoisotopic (exact) mass is 209 g/mol. The maximum atomic E-state index is 5.64. The molecule has 0 saturated carbocycles. The molecule has 0 atom stereocenters. The van der Waals surface area contributed by atoms with Crippen molar-refractivity contribution in [3.8, 4) is 0 Å². The van der Waals surface area contributed by atoms with Crippen molar-refractivity contribution in [3.05, 3.63) is 12.4 Å². The van der Waals surface area contributed by atoms with Crippen LogP contribution in [0.1, 0.15) is 12.8 Å². The summed E-state index contributed by atoms with van der Waals surface area (Å²) in [6, 6.07) is 0. The summed E-state index contributed by atoms with van der Waals surface area (Å²) in [7, 11) is 4.15. The Morgan fingerprint density at radius 1 is 1.27 bits per heavy atom. The first-order valence-electron chi connectivity index (χ1n) is 5.15. The molecule has 1 heterocycles. The highest BCUT2D eigenvalue weighted by molar-refractivity contribution is 5.54. The summed E-state index contributed by atoms with van der Waals surface area (Å²) >= 11 is 0. The van der Waals surface area contributed by atoms with Gasteiger partial charge in [-0.15, -0.1) is 0 Å². The molecule has 0 amide bonds. The molecular weight excluding hydrogens is 190 g/mol. The van der Waals surface area contributed by atoms with Gasteiger partial charge in [0.1, 0.15) is 0 Å².